The zero-order valence-electron chi connectivity index (χ0n) is 34.5. The Balaban J connectivity index is 1.51. The molecule has 19 heteroatoms. The van der Waals surface area contributed by atoms with Gasteiger partial charge in [-0.25, -0.2) is 34.0 Å². The van der Waals surface area contributed by atoms with Gasteiger partial charge in [-0.05, 0) is 37.5 Å². The van der Waals surface area contributed by atoms with Crippen LogP contribution in [0.25, 0.3) is 0 Å². The molecular formula is C45H42N4O15. The van der Waals surface area contributed by atoms with Crippen LogP contribution in [0.2, 0.25) is 0 Å². The maximum Gasteiger partial charge on any atom is 0.415 e. The zero-order chi connectivity index (χ0) is 45.9. The van der Waals surface area contributed by atoms with Crippen molar-refractivity contribution in [2.75, 3.05) is 14.7 Å². The maximum atomic E-state index is 13.5. The summed E-state index contributed by atoms with van der Waals surface area (Å²) in [7, 11) is 0. The van der Waals surface area contributed by atoms with Crippen molar-refractivity contribution in [2.45, 2.75) is 59.1 Å². The molecule has 0 aliphatic rings. The van der Waals surface area contributed by atoms with Crippen molar-refractivity contribution in [3.05, 3.63) is 175 Å². The first-order valence-corrected chi connectivity index (χ1v) is 19.5. The van der Waals surface area contributed by atoms with Crippen molar-refractivity contribution in [1.82, 2.24) is 4.90 Å². The average molecular weight is 879 g/mol. The summed E-state index contributed by atoms with van der Waals surface area (Å²) < 4.78 is 34.6. The SMILES string of the molecule is CC(N(C(=O)O)c1occc(=O)c1OCc1ccccc1)N(C(C)N(C(=O)O)c1occc(=O)c1OCc1ccccc1)C(C)N(C(=O)O)c1occc(=O)c1OCc1ccccc1. The highest BCUT2D eigenvalue weighted by atomic mass is 16.5. The highest BCUT2D eigenvalue weighted by Gasteiger charge is 2.45. The van der Waals surface area contributed by atoms with Gasteiger partial charge in [0.15, 0.2) is 0 Å². The molecule has 6 aromatic rings. The van der Waals surface area contributed by atoms with Gasteiger partial charge in [0.1, 0.15) is 19.8 Å². The van der Waals surface area contributed by atoms with Crippen LogP contribution in [-0.2, 0) is 19.8 Å². The fourth-order valence-electron chi connectivity index (χ4n) is 6.86. The lowest BCUT2D eigenvalue weighted by Gasteiger charge is -2.46. The molecule has 0 aliphatic carbocycles. The van der Waals surface area contributed by atoms with Crippen molar-refractivity contribution < 1.29 is 57.2 Å². The molecule has 3 N–H and O–H groups in total. The summed E-state index contributed by atoms with van der Waals surface area (Å²) in [5, 5.41) is 32.8. The third-order valence-corrected chi connectivity index (χ3v) is 9.82. The zero-order valence-corrected chi connectivity index (χ0v) is 34.5. The van der Waals surface area contributed by atoms with Crippen LogP contribution in [0.15, 0.2) is 156 Å². The van der Waals surface area contributed by atoms with Crippen molar-refractivity contribution in [1.29, 1.82) is 0 Å². The van der Waals surface area contributed by atoms with E-state index in [1.54, 1.807) is 91.0 Å². The second-order valence-electron chi connectivity index (χ2n) is 13.9. The molecule has 0 fully saturated rings. The molecule has 3 unspecified atom stereocenters. The van der Waals surface area contributed by atoms with E-state index in [0.717, 1.165) is 41.9 Å². The predicted octanol–water partition coefficient (Wildman–Crippen LogP) is 7.48. The van der Waals surface area contributed by atoms with Gasteiger partial charge in [0.25, 0.3) is 17.7 Å². The minimum atomic E-state index is -1.77. The molecule has 3 heterocycles. The van der Waals surface area contributed by atoms with E-state index < -0.39 is 88.0 Å². The van der Waals surface area contributed by atoms with Gasteiger partial charge in [0.05, 0.1) is 37.3 Å². The van der Waals surface area contributed by atoms with Gasteiger partial charge in [-0.15, -0.1) is 0 Å². The summed E-state index contributed by atoms with van der Waals surface area (Å²) in [6.07, 6.45) is -7.74. The standard InChI is InChI=1S/C45H42N4O15/c1-28(47(43(53)54)40-37(34(50)19-22-59-40)62-25-31-13-7-4-8-14-31)46(29(2)48(44(55)56)41-38(35(51)20-23-60-41)63-26-32-15-9-5-10-16-32)30(3)49(45(57)58)42-39(36(52)21-24-61-42)64-27-33-17-11-6-12-18-33/h4-24,28-30H,25-27H2,1-3H3,(H,53,54)(H,55,56)(H,57,58). The van der Waals surface area contributed by atoms with Crippen LogP contribution < -0.4 is 45.2 Å². The maximum absolute atomic E-state index is 13.5. The van der Waals surface area contributed by atoms with Crippen LogP contribution in [0.5, 0.6) is 17.2 Å². The predicted molar refractivity (Wildman–Crippen MR) is 229 cm³/mol. The first-order chi connectivity index (χ1) is 30.8. The highest BCUT2D eigenvalue weighted by molar-refractivity contribution is 5.89. The first-order valence-electron chi connectivity index (χ1n) is 19.5. The van der Waals surface area contributed by atoms with E-state index in [-0.39, 0.29) is 19.8 Å². The fraction of sp³-hybridized carbons (Fsp3) is 0.200. The summed E-state index contributed by atoms with van der Waals surface area (Å²) in [6.45, 7) is 3.11. The topological polar surface area (TPSA) is 243 Å². The summed E-state index contributed by atoms with van der Waals surface area (Å²) in [5.41, 5.74) is -0.558. The minimum Gasteiger partial charge on any atom is -0.480 e. The quantitative estimate of drug-likeness (QED) is 0.0709. The van der Waals surface area contributed by atoms with Crippen LogP contribution in [0.1, 0.15) is 37.5 Å². The molecule has 3 atom stereocenters. The number of carboxylic acid groups (broad SMARTS) is 3. The van der Waals surface area contributed by atoms with Gasteiger partial charge in [-0.2, -0.15) is 0 Å². The Bertz CT molecular complexity index is 2430. The van der Waals surface area contributed by atoms with E-state index in [0.29, 0.717) is 31.4 Å². The van der Waals surface area contributed by atoms with Gasteiger partial charge >= 0.3 is 18.3 Å². The van der Waals surface area contributed by atoms with Gasteiger partial charge < -0.3 is 42.8 Å². The van der Waals surface area contributed by atoms with E-state index >= 15 is 0 Å². The van der Waals surface area contributed by atoms with Crippen molar-refractivity contribution in [2.24, 2.45) is 0 Å². The van der Waals surface area contributed by atoms with E-state index in [2.05, 4.69) is 0 Å². The van der Waals surface area contributed by atoms with Crippen LogP contribution in [0, 0.1) is 0 Å². The highest BCUT2D eigenvalue weighted by Crippen LogP contribution is 2.36. The number of hydrogen-bond donors (Lipinski definition) is 3. The molecule has 0 saturated carbocycles. The number of benzene rings is 3. The third kappa shape index (κ3) is 10.2. The lowest BCUT2D eigenvalue weighted by molar-refractivity contribution is 0.0817. The molecule has 3 amide bonds. The van der Waals surface area contributed by atoms with E-state index in [9.17, 15) is 44.1 Å². The third-order valence-electron chi connectivity index (χ3n) is 9.82. The smallest absolute Gasteiger partial charge is 0.415 e. The summed E-state index contributed by atoms with van der Waals surface area (Å²) in [5.74, 6) is -3.64. The Morgan fingerprint density at radius 2 is 0.703 bits per heavy atom. The number of nitrogens with zero attached hydrogens (tertiary/aromatic N) is 4. The number of anilines is 3. The van der Waals surface area contributed by atoms with Gasteiger partial charge in [-0.3, -0.25) is 14.4 Å². The van der Waals surface area contributed by atoms with E-state index in [1.807, 2.05) is 0 Å². The Hall–Kier alpha value is -8.32. The first kappa shape index (κ1) is 45.2. The van der Waals surface area contributed by atoms with Crippen LogP contribution in [0.3, 0.4) is 0 Å². The monoisotopic (exact) mass is 878 g/mol. The Morgan fingerprint density at radius 1 is 0.453 bits per heavy atom. The summed E-state index contributed by atoms with van der Waals surface area (Å²) in [6, 6.07) is 28.8. The largest absolute Gasteiger partial charge is 0.480 e. The van der Waals surface area contributed by atoms with Gasteiger partial charge in [-0.1, -0.05) is 91.0 Å². The number of hydrogen-bond acceptors (Lipinski definition) is 13. The fourth-order valence-corrected chi connectivity index (χ4v) is 6.86. The normalized spacial score (nSPS) is 12.4. The lowest BCUT2D eigenvalue weighted by atomic mass is 10.2. The van der Waals surface area contributed by atoms with Crippen LogP contribution in [-0.4, -0.2) is 57.0 Å². The summed E-state index contributed by atoms with van der Waals surface area (Å²) >= 11 is 0. The van der Waals surface area contributed by atoms with Crippen molar-refractivity contribution in [3.8, 4) is 17.2 Å². The number of ether oxygens (including phenoxy) is 3. The second kappa shape index (κ2) is 20.5. The molecule has 0 saturated heterocycles. The Labute approximate surface area is 363 Å². The Kier molecular flexibility index (Phi) is 14.5. The van der Waals surface area contributed by atoms with Crippen LogP contribution in [0.4, 0.5) is 32.0 Å². The van der Waals surface area contributed by atoms with E-state index in [1.165, 1.54) is 20.8 Å². The molecule has 6 rings (SSSR count). The Morgan fingerprint density at radius 3 is 0.938 bits per heavy atom. The summed E-state index contributed by atoms with van der Waals surface area (Å²) in [4.78, 5) is 83.2. The van der Waals surface area contributed by atoms with Crippen molar-refractivity contribution in [3.63, 3.8) is 0 Å². The molecular weight excluding hydrogens is 837 g/mol. The number of rotatable bonds is 18. The van der Waals surface area contributed by atoms with E-state index in [4.69, 9.17) is 27.5 Å². The molecule has 0 spiro atoms. The molecule has 3 aromatic carbocycles. The van der Waals surface area contributed by atoms with Gasteiger partial charge in [0, 0.05) is 18.2 Å². The molecule has 19 nitrogen and oxygen atoms in total. The lowest BCUT2D eigenvalue weighted by Crippen LogP contribution is -2.65. The van der Waals surface area contributed by atoms with Crippen LogP contribution >= 0.6 is 0 Å². The molecule has 3 aromatic heterocycles. The molecule has 0 radical (unpaired) electrons. The van der Waals surface area contributed by atoms with Gasteiger partial charge in [0.2, 0.25) is 33.5 Å². The molecule has 0 aliphatic heterocycles. The minimum absolute atomic E-state index is 0.210. The molecule has 64 heavy (non-hydrogen) atoms. The molecule has 332 valence electrons. The molecule has 0 bridgehead atoms. The average Bonchev–Trinajstić information content (AvgIpc) is 3.27. The second-order valence-corrected chi connectivity index (χ2v) is 13.9. The van der Waals surface area contributed by atoms with Crippen molar-refractivity contribution >= 4 is 35.9 Å². The number of carbonyl (C=O) groups is 3. The number of amides is 3.